The Morgan fingerprint density at radius 3 is 2.44 bits per heavy atom. The number of hydrogen-bond acceptors (Lipinski definition) is 3. The second kappa shape index (κ2) is 6.59. The summed E-state index contributed by atoms with van der Waals surface area (Å²) in [4.78, 5) is 4.36. The lowest BCUT2D eigenvalue weighted by molar-refractivity contribution is 0.400. The highest BCUT2D eigenvalue weighted by atomic mass is 19.1. The van der Waals surface area contributed by atoms with Crippen molar-refractivity contribution in [1.29, 1.82) is 0 Å². The zero-order valence-electron chi connectivity index (χ0n) is 11.8. The van der Waals surface area contributed by atoms with E-state index in [0.717, 1.165) is 31.7 Å². The van der Waals surface area contributed by atoms with E-state index in [4.69, 9.17) is 5.73 Å². The fourth-order valence-electron chi connectivity index (χ4n) is 1.98. The van der Waals surface area contributed by atoms with Crippen LogP contribution in [0.3, 0.4) is 0 Å². The van der Waals surface area contributed by atoms with Crippen molar-refractivity contribution < 1.29 is 4.39 Å². The minimum atomic E-state index is -0.236. The Balaban J connectivity index is 2.78. The van der Waals surface area contributed by atoms with Crippen LogP contribution in [0.25, 0.3) is 0 Å². The van der Waals surface area contributed by atoms with Crippen LogP contribution in [0.1, 0.15) is 18.9 Å². The van der Waals surface area contributed by atoms with Gasteiger partial charge in [0.15, 0.2) is 0 Å². The molecule has 1 aromatic carbocycles. The predicted octanol–water partition coefficient (Wildman–Crippen LogP) is 2.49. The molecule has 4 heteroatoms. The minimum Gasteiger partial charge on any atom is -0.397 e. The quantitative estimate of drug-likeness (QED) is 0.791. The van der Waals surface area contributed by atoms with Crippen LogP contribution in [0.2, 0.25) is 0 Å². The highest BCUT2D eigenvalue weighted by Crippen LogP contribution is 2.26. The molecule has 0 unspecified atom stereocenters. The normalized spacial score (nSPS) is 11.0. The van der Waals surface area contributed by atoms with Crippen molar-refractivity contribution >= 4 is 11.4 Å². The van der Waals surface area contributed by atoms with Gasteiger partial charge in [-0.2, -0.15) is 0 Å². The summed E-state index contributed by atoms with van der Waals surface area (Å²) in [6.45, 7) is 6.71. The third-order valence-electron chi connectivity index (χ3n) is 3.06. The molecule has 3 nitrogen and oxygen atoms in total. The molecule has 0 aliphatic rings. The van der Waals surface area contributed by atoms with Crippen LogP contribution in [0.15, 0.2) is 12.1 Å². The van der Waals surface area contributed by atoms with Crippen LogP contribution in [-0.4, -0.2) is 38.6 Å². The van der Waals surface area contributed by atoms with Gasteiger partial charge in [0.05, 0.1) is 11.4 Å². The Bertz CT molecular complexity index is 391. The number of rotatable bonds is 6. The molecule has 2 N–H and O–H groups in total. The van der Waals surface area contributed by atoms with E-state index in [1.165, 1.54) is 6.07 Å². The molecule has 0 aliphatic heterocycles. The summed E-state index contributed by atoms with van der Waals surface area (Å²) in [5.41, 5.74) is 8.01. The molecule has 0 radical (unpaired) electrons. The maximum absolute atomic E-state index is 13.4. The van der Waals surface area contributed by atoms with Crippen molar-refractivity contribution in [1.82, 2.24) is 4.90 Å². The van der Waals surface area contributed by atoms with E-state index in [0.29, 0.717) is 11.3 Å². The first-order valence-electron chi connectivity index (χ1n) is 6.41. The smallest absolute Gasteiger partial charge is 0.128 e. The molecule has 0 heterocycles. The third kappa shape index (κ3) is 3.88. The molecular formula is C14H24FN3. The number of aryl methyl sites for hydroxylation is 1. The predicted molar refractivity (Wildman–Crippen MR) is 76.6 cm³/mol. The first-order valence-corrected chi connectivity index (χ1v) is 6.41. The molecule has 1 aromatic rings. The van der Waals surface area contributed by atoms with E-state index >= 15 is 0 Å². The van der Waals surface area contributed by atoms with Gasteiger partial charge in [-0.15, -0.1) is 0 Å². The molecule has 102 valence electrons. The average molecular weight is 253 g/mol. The molecule has 0 aliphatic carbocycles. The van der Waals surface area contributed by atoms with Gasteiger partial charge in [0.2, 0.25) is 0 Å². The van der Waals surface area contributed by atoms with Crippen molar-refractivity contribution in [3.8, 4) is 0 Å². The van der Waals surface area contributed by atoms with Crippen LogP contribution >= 0.6 is 0 Å². The second-order valence-corrected chi connectivity index (χ2v) is 4.90. The Morgan fingerprint density at radius 1 is 1.22 bits per heavy atom. The van der Waals surface area contributed by atoms with Crippen LogP contribution < -0.4 is 10.6 Å². The molecular weight excluding hydrogens is 229 g/mol. The van der Waals surface area contributed by atoms with Crippen molar-refractivity contribution in [3.05, 3.63) is 23.5 Å². The SMILES string of the molecule is CCN(CCCN(C)C)c1cc(C)c(F)cc1N. The van der Waals surface area contributed by atoms with E-state index in [-0.39, 0.29) is 5.82 Å². The minimum absolute atomic E-state index is 0.236. The van der Waals surface area contributed by atoms with Crippen LogP contribution in [0.5, 0.6) is 0 Å². The van der Waals surface area contributed by atoms with Crippen LogP contribution in [0, 0.1) is 12.7 Å². The molecule has 0 saturated heterocycles. The van der Waals surface area contributed by atoms with Crippen LogP contribution in [0.4, 0.5) is 15.8 Å². The zero-order chi connectivity index (χ0) is 13.7. The Labute approximate surface area is 109 Å². The molecule has 1 rings (SSSR count). The first-order chi connectivity index (χ1) is 8.45. The van der Waals surface area contributed by atoms with Gasteiger partial charge in [0, 0.05) is 13.1 Å². The molecule has 0 amide bonds. The monoisotopic (exact) mass is 253 g/mol. The number of anilines is 2. The average Bonchev–Trinajstić information content (AvgIpc) is 2.30. The highest BCUT2D eigenvalue weighted by Gasteiger charge is 2.11. The molecule has 0 bridgehead atoms. The summed E-state index contributed by atoms with van der Waals surface area (Å²) in [5.74, 6) is -0.236. The van der Waals surface area contributed by atoms with Gasteiger partial charge in [-0.1, -0.05) is 0 Å². The van der Waals surface area contributed by atoms with Crippen molar-refractivity contribution in [2.45, 2.75) is 20.3 Å². The topological polar surface area (TPSA) is 32.5 Å². The standard InChI is InChI=1S/C14H24FN3/c1-5-18(8-6-7-17(3)4)14-9-11(2)12(15)10-13(14)16/h9-10H,5-8,16H2,1-4H3. The van der Waals surface area contributed by atoms with Gasteiger partial charge in [0.25, 0.3) is 0 Å². The first kappa shape index (κ1) is 14.8. The summed E-state index contributed by atoms with van der Waals surface area (Å²) in [6, 6.07) is 3.25. The molecule has 0 fully saturated rings. The lowest BCUT2D eigenvalue weighted by Gasteiger charge is -2.26. The molecule has 0 saturated carbocycles. The number of nitrogens with zero attached hydrogens (tertiary/aromatic N) is 2. The molecule has 18 heavy (non-hydrogen) atoms. The van der Waals surface area contributed by atoms with Gasteiger partial charge >= 0.3 is 0 Å². The maximum atomic E-state index is 13.4. The van der Waals surface area contributed by atoms with E-state index in [9.17, 15) is 4.39 Å². The van der Waals surface area contributed by atoms with Crippen molar-refractivity contribution in [2.75, 3.05) is 44.4 Å². The second-order valence-electron chi connectivity index (χ2n) is 4.90. The lowest BCUT2D eigenvalue weighted by Crippen LogP contribution is -2.27. The fourth-order valence-corrected chi connectivity index (χ4v) is 1.98. The summed E-state index contributed by atoms with van der Waals surface area (Å²) in [6.07, 6.45) is 1.07. The zero-order valence-corrected chi connectivity index (χ0v) is 11.8. The van der Waals surface area contributed by atoms with E-state index < -0.39 is 0 Å². The number of benzene rings is 1. The Kier molecular flexibility index (Phi) is 5.41. The Hall–Kier alpha value is -1.29. The molecule has 0 aromatic heterocycles. The van der Waals surface area contributed by atoms with Gasteiger partial charge < -0.3 is 15.5 Å². The van der Waals surface area contributed by atoms with E-state index in [2.05, 4.69) is 30.8 Å². The molecule has 0 atom stereocenters. The van der Waals surface area contributed by atoms with Gasteiger partial charge in [-0.05, 0) is 58.6 Å². The van der Waals surface area contributed by atoms with Crippen molar-refractivity contribution in [3.63, 3.8) is 0 Å². The summed E-state index contributed by atoms with van der Waals surface area (Å²) in [7, 11) is 4.12. The summed E-state index contributed by atoms with van der Waals surface area (Å²) < 4.78 is 13.4. The van der Waals surface area contributed by atoms with Crippen LogP contribution in [-0.2, 0) is 0 Å². The van der Waals surface area contributed by atoms with Gasteiger partial charge in [0.1, 0.15) is 5.82 Å². The van der Waals surface area contributed by atoms with E-state index in [1.807, 2.05) is 6.07 Å². The fraction of sp³-hybridized carbons (Fsp3) is 0.571. The largest absolute Gasteiger partial charge is 0.397 e. The Morgan fingerprint density at radius 2 is 1.89 bits per heavy atom. The highest BCUT2D eigenvalue weighted by molar-refractivity contribution is 5.68. The third-order valence-corrected chi connectivity index (χ3v) is 3.06. The lowest BCUT2D eigenvalue weighted by atomic mass is 10.1. The summed E-state index contributed by atoms with van der Waals surface area (Å²) >= 11 is 0. The number of halogens is 1. The number of nitrogens with two attached hydrogens (primary N) is 1. The van der Waals surface area contributed by atoms with Gasteiger partial charge in [-0.3, -0.25) is 0 Å². The summed E-state index contributed by atoms with van der Waals surface area (Å²) in [5, 5.41) is 0. The maximum Gasteiger partial charge on any atom is 0.128 e. The molecule has 0 spiro atoms. The number of nitrogen functional groups attached to an aromatic ring is 1. The van der Waals surface area contributed by atoms with Crippen molar-refractivity contribution in [2.24, 2.45) is 0 Å². The number of hydrogen-bond donors (Lipinski definition) is 1. The van der Waals surface area contributed by atoms with E-state index in [1.54, 1.807) is 6.92 Å². The van der Waals surface area contributed by atoms with Gasteiger partial charge in [-0.25, -0.2) is 4.39 Å².